The molecule has 0 spiro atoms. The van der Waals surface area contributed by atoms with Gasteiger partial charge in [-0.05, 0) is 30.3 Å². The molecule has 0 aliphatic carbocycles. The number of aromatic nitrogens is 1. The highest BCUT2D eigenvalue weighted by molar-refractivity contribution is 7.23. The van der Waals surface area contributed by atoms with E-state index in [1.54, 1.807) is 18.2 Å². The minimum atomic E-state index is -4.54. The third kappa shape index (κ3) is 3.97. The largest absolute Gasteiger partial charge is 0.416 e. The van der Waals surface area contributed by atoms with Gasteiger partial charge in [0.05, 0.1) is 31.5 Å². The Labute approximate surface area is 153 Å². The molecule has 2 N–H and O–H groups in total. The van der Waals surface area contributed by atoms with Gasteiger partial charge in [-0.25, -0.2) is 9.78 Å². The molecule has 0 radical (unpaired) electrons. The number of benzene rings is 2. The zero-order valence-corrected chi connectivity index (χ0v) is 14.4. The van der Waals surface area contributed by atoms with Crippen molar-refractivity contribution in [1.29, 1.82) is 0 Å². The number of nitrogens with one attached hydrogen (secondary N) is 2. The van der Waals surface area contributed by atoms with E-state index in [4.69, 9.17) is 23.2 Å². The molecule has 2 amide bonds. The molecule has 1 heterocycles. The average Bonchev–Trinajstić information content (AvgIpc) is 2.92. The normalized spacial score (nSPS) is 11.6. The van der Waals surface area contributed by atoms with Crippen molar-refractivity contribution in [1.82, 2.24) is 4.98 Å². The van der Waals surface area contributed by atoms with Gasteiger partial charge in [0.15, 0.2) is 5.13 Å². The van der Waals surface area contributed by atoms with Crippen molar-refractivity contribution in [2.75, 3.05) is 10.6 Å². The van der Waals surface area contributed by atoms with Crippen LogP contribution in [0, 0.1) is 0 Å². The van der Waals surface area contributed by atoms with Crippen LogP contribution >= 0.6 is 34.5 Å². The topological polar surface area (TPSA) is 54.0 Å². The Morgan fingerprint density at radius 3 is 2.52 bits per heavy atom. The smallest absolute Gasteiger partial charge is 0.306 e. The van der Waals surface area contributed by atoms with Crippen LogP contribution in [0.25, 0.3) is 10.2 Å². The Bertz CT molecular complexity index is 959. The second-order valence-corrected chi connectivity index (χ2v) is 6.69. The second kappa shape index (κ2) is 6.70. The Kier molecular flexibility index (Phi) is 4.77. The first-order valence-corrected chi connectivity index (χ1v) is 8.31. The fourth-order valence-electron chi connectivity index (χ4n) is 2.02. The molecular formula is C15H8Cl2F3N3OS. The van der Waals surface area contributed by atoms with Crippen molar-refractivity contribution in [2.45, 2.75) is 6.18 Å². The number of alkyl halides is 3. The number of nitrogens with zero attached hydrogens (tertiary/aromatic N) is 1. The van der Waals surface area contributed by atoms with Gasteiger partial charge >= 0.3 is 12.2 Å². The Hall–Kier alpha value is -2.03. The van der Waals surface area contributed by atoms with Crippen molar-refractivity contribution in [3.8, 4) is 0 Å². The van der Waals surface area contributed by atoms with Crippen LogP contribution in [0.15, 0.2) is 36.4 Å². The summed E-state index contributed by atoms with van der Waals surface area (Å²) in [5, 5.41) is 5.46. The maximum atomic E-state index is 12.7. The Balaban J connectivity index is 1.79. The first kappa shape index (κ1) is 17.8. The molecule has 0 fully saturated rings. The lowest BCUT2D eigenvalue weighted by atomic mass is 10.2. The first-order valence-electron chi connectivity index (χ1n) is 6.74. The van der Waals surface area contributed by atoms with Crippen molar-refractivity contribution in [2.24, 2.45) is 0 Å². The van der Waals surface area contributed by atoms with Crippen LogP contribution < -0.4 is 10.6 Å². The number of amides is 2. The molecule has 0 atom stereocenters. The van der Waals surface area contributed by atoms with Crippen LogP contribution in [0.4, 0.5) is 28.8 Å². The molecule has 0 saturated carbocycles. The summed E-state index contributed by atoms with van der Waals surface area (Å²) in [6.45, 7) is 0. The predicted molar refractivity (Wildman–Crippen MR) is 93.7 cm³/mol. The van der Waals surface area contributed by atoms with Gasteiger partial charge in [-0.15, -0.1) is 0 Å². The summed E-state index contributed by atoms with van der Waals surface area (Å²) < 4.78 is 38.9. The predicted octanol–water partition coefficient (Wildman–Crippen LogP) is 6.27. The number of urea groups is 1. The SMILES string of the molecule is O=C(Nc1nc2cccc(Cl)c2s1)Nc1cc(C(F)(F)F)ccc1Cl. The molecule has 0 aliphatic rings. The minimum Gasteiger partial charge on any atom is -0.306 e. The highest BCUT2D eigenvalue weighted by Gasteiger charge is 2.31. The molecule has 3 rings (SSSR count). The van der Waals surface area contributed by atoms with Crippen molar-refractivity contribution < 1.29 is 18.0 Å². The van der Waals surface area contributed by atoms with Crippen LogP contribution in [0.5, 0.6) is 0 Å². The Morgan fingerprint density at radius 2 is 1.84 bits per heavy atom. The van der Waals surface area contributed by atoms with E-state index < -0.39 is 17.8 Å². The number of hydrogen-bond donors (Lipinski definition) is 2. The molecule has 0 bridgehead atoms. The molecule has 1 aromatic heterocycles. The van der Waals surface area contributed by atoms with Gasteiger partial charge in [0, 0.05) is 0 Å². The summed E-state index contributed by atoms with van der Waals surface area (Å²) in [5.41, 5.74) is -0.475. The van der Waals surface area contributed by atoms with Crippen molar-refractivity contribution in [3.05, 3.63) is 52.0 Å². The van der Waals surface area contributed by atoms with E-state index in [2.05, 4.69) is 15.6 Å². The van der Waals surface area contributed by atoms with Gasteiger partial charge in [0.1, 0.15) is 0 Å². The summed E-state index contributed by atoms with van der Waals surface area (Å²) in [6, 6.07) is 7.03. The number of hydrogen-bond acceptors (Lipinski definition) is 3. The third-order valence-corrected chi connectivity index (χ3v) is 4.91. The standard InChI is InChI=1S/C15H8Cl2F3N3OS/c16-8-5-4-7(15(18,19)20)6-11(8)21-13(24)23-14-22-10-3-1-2-9(17)12(10)25-14/h1-6H,(H2,21,22,23,24). The molecule has 3 aromatic rings. The van der Waals surface area contributed by atoms with Crippen LogP contribution in [0.2, 0.25) is 10.0 Å². The summed E-state index contributed by atoms with van der Waals surface area (Å²) in [6.07, 6.45) is -4.54. The van der Waals surface area contributed by atoms with E-state index in [-0.39, 0.29) is 15.8 Å². The molecule has 25 heavy (non-hydrogen) atoms. The molecule has 2 aromatic carbocycles. The van der Waals surface area contributed by atoms with Crippen LogP contribution in [0.1, 0.15) is 5.56 Å². The lowest BCUT2D eigenvalue weighted by Gasteiger charge is -2.11. The lowest BCUT2D eigenvalue weighted by Crippen LogP contribution is -2.20. The molecule has 4 nitrogen and oxygen atoms in total. The quantitative estimate of drug-likeness (QED) is 0.527. The Morgan fingerprint density at radius 1 is 1.08 bits per heavy atom. The molecule has 130 valence electrons. The van der Waals surface area contributed by atoms with E-state index in [9.17, 15) is 18.0 Å². The molecular weight excluding hydrogens is 398 g/mol. The number of carbonyl (C=O) groups is 1. The summed E-state index contributed by atoms with van der Waals surface area (Å²) in [4.78, 5) is 16.2. The maximum Gasteiger partial charge on any atom is 0.416 e. The molecule has 0 saturated heterocycles. The number of halogens is 5. The number of thiazole rings is 1. The molecule has 0 unspecified atom stereocenters. The number of anilines is 2. The monoisotopic (exact) mass is 405 g/mol. The lowest BCUT2D eigenvalue weighted by molar-refractivity contribution is -0.137. The van der Waals surface area contributed by atoms with E-state index in [0.29, 0.717) is 15.2 Å². The van der Waals surface area contributed by atoms with Gasteiger partial charge in [0.2, 0.25) is 0 Å². The third-order valence-electron chi connectivity index (χ3n) is 3.13. The van der Waals surface area contributed by atoms with Gasteiger partial charge < -0.3 is 5.32 Å². The number of fused-ring (bicyclic) bond motifs is 1. The van der Waals surface area contributed by atoms with Crippen molar-refractivity contribution >= 4 is 61.6 Å². The molecule has 0 aliphatic heterocycles. The first-order chi connectivity index (χ1) is 11.7. The van der Waals surface area contributed by atoms with Crippen LogP contribution in [-0.4, -0.2) is 11.0 Å². The summed E-state index contributed by atoms with van der Waals surface area (Å²) in [5.74, 6) is 0. The zero-order chi connectivity index (χ0) is 18.2. The zero-order valence-electron chi connectivity index (χ0n) is 12.1. The van der Waals surface area contributed by atoms with Gasteiger partial charge in [-0.3, -0.25) is 5.32 Å². The van der Waals surface area contributed by atoms with Gasteiger partial charge in [-0.1, -0.05) is 40.6 Å². The fraction of sp³-hybridized carbons (Fsp3) is 0.0667. The van der Waals surface area contributed by atoms with Gasteiger partial charge in [0.25, 0.3) is 0 Å². The van der Waals surface area contributed by atoms with E-state index >= 15 is 0 Å². The van der Waals surface area contributed by atoms with Crippen molar-refractivity contribution in [3.63, 3.8) is 0 Å². The van der Waals surface area contributed by atoms with Crippen LogP contribution in [0.3, 0.4) is 0 Å². The van der Waals surface area contributed by atoms with E-state index in [1.807, 2.05) is 0 Å². The summed E-state index contributed by atoms with van der Waals surface area (Å²) in [7, 11) is 0. The minimum absolute atomic E-state index is 0.0181. The average molecular weight is 406 g/mol. The second-order valence-electron chi connectivity index (χ2n) is 4.88. The van der Waals surface area contributed by atoms with E-state index in [0.717, 1.165) is 29.5 Å². The van der Waals surface area contributed by atoms with E-state index in [1.165, 1.54) is 0 Å². The highest BCUT2D eigenvalue weighted by atomic mass is 35.5. The van der Waals surface area contributed by atoms with Crippen LogP contribution in [-0.2, 0) is 6.18 Å². The highest BCUT2D eigenvalue weighted by Crippen LogP contribution is 2.34. The molecule has 10 heteroatoms. The summed E-state index contributed by atoms with van der Waals surface area (Å²) >= 11 is 13.0. The maximum absolute atomic E-state index is 12.7. The fourth-order valence-corrected chi connectivity index (χ4v) is 3.33. The number of carbonyl (C=O) groups excluding carboxylic acids is 1. The van der Waals surface area contributed by atoms with Gasteiger partial charge in [-0.2, -0.15) is 13.2 Å². The number of rotatable bonds is 2.